The summed E-state index contributed by atoms with van der Waals surface area (Å²) >= 11 is 0. The highest BCUT2D eigenvalue weighted by atomic mass is 16.5. The molecule has 6 nitrogen and oxygen atoms in total. The van der Waals surface area contributed by atoms with Gasteiger partial charge in [-0.15, -0.1) is 0 Å². The number of methoxy groups -OCH3 is 1. The largest absolute Gasteiger partial charge is 0.480 e. The number of carboxylic acids is 1. The third kappa shape index (κ3) is 6.23. The van der Waals surface area contributed by atoms with Gasteiger partial charge in [-0.05, 0) is 12.8 Å². The summed E-state index contributed by atoms with van der Waals surface area (Å²) in [6.45, 7) is 0.921. The summed E-state index contributed by atoms with van der Waals surface area (Å²) in [7, 11) is 1.50. The first kappa shape index (κ1) is 13.9. The fourth-order valence-corrected chi connectivity index (χ4v) is 1.44. The Morgan fingerprint density at radius 2 is 2.18 bits per heavy atom. The van der Waals surface area contributed by atoms with Crippen LogP contribution in [0.3, 0.4) is 0 Å². The minimum Gasteiger partial charge on any atom is -0.480 e. The van der Waals surface area contributed by atoms with E-state index in [0.29, 0.717) is 25.6 Å². The summed E-state index contributed by atoms with van der Waals surface area (Å²) in [4.78, 5) is 22.3. The fraction of sp³-hybridized carbons (Fsp3) is 0.818. The maximum Gasteiger partial charge on any atom is 0.326 e. The van der Waals surface area contributed by atoms with Crippen molar-refractivity contribution in [3.8, 4) is 0 Å². The SMILES string of the molecule is COCCC(NC(=O)CCNC1CC1)C(=O)O. The molecule has 6 heteroatoms. The summed E-state index contributed by atoms with van der Waals surface area (Å²) in [5.41, 5.74) is 0. The number of carbonyl (C=O) groups is 2. The van der Waals surface area contributed by atoms with Gasteiger partial charge in [0.1, 0.15) is 6.04 Å². The van der Waals surface area contributed by atoms with Crippen molar-refractivity contribution in [2.24, 2.45) is 0 Å². The Balaban J connectivity index is 2.16. The molecular formula is C11H20N2O4. The molecule has 1 amide bonds. The number of nitrogens with one attached hydrogen (secondary N) is 2. The lowest BCUT2D eigenvalue weighted by molar-refractivity contribution is -0.142. The number of rotatable bonds is 9. The molecule has 1 rings (SSSR count). The molecule has 0 radical (unpaired) electrons. The van der Waals surface area contributed by atoms with Crippen molar-refractivity contribution >= 4 is 11.9 Å². The molecule has 1 fully saturated rings. The molecule has 98 valence electrons. The van der Waals surface area contributed by atoms with Gasteiger partial charge >= 0.3 is 5.97 Å². The number of carboxylic acid groups (broad SMARTS) is 1. The molecule has 1 aliphatic rings. The lowest BCUT2D eigenvalue weighted by Crippen LogP contribution is -2.42. The molecule has 0 heterocycles. The molecule has 1 atom stereocenters. The van der Waals surface area contributed by atoms with E-state index in [2.05, 4.69) is 10.6 Å². The van der Waals surface area contributed by atoms with Crippen molar-refractivity contribution in [3.05, 3.63) is 0 Å². The highest BCUT2D eigenvalue weighted by molar-refractivity contribution is 5.83. The van der Waals surface area contributed by atoms with Crippen LogP contribution in [0.5, 0.6) is 0 Å². The van der Waals surface area contributed by atoms with Gasteiger partial charge in [-0.1, -0.05) is 0 Å². The van der Waals surface area contributed by atoms with E-state index in [1.54, 1.807) is 0 Å². The van der Waals surface area contributed by atoms with Gasteiger partial charge in [0.15, 0.2) is 0 Å². The van der Waals surface area contributed by atoms with Crippen LogP contribution in [-0.2, 0) is 14.3 Å². The molecule has 0 aromatic heterocycles. The van der Waals surface area contributed by atoms with Crippen molar-refractivity contribution in [2.45, 2.75) is 37.8 Å². The monoisotopic (exact) mass is 244 g/mol. The van der Waals surface area contributed by atoms with E-state index >= 15 is 0 Å². The van der Waals surface area contributed by atoms with Crippen LogP contribution in [0.4, 0.5) is 0 Å². The Morgan fingerprint density at radius 3 is 2.71 bits per heavy atom. The predicted molar refractivity (Wildman–Crippen MR) is 61.7 cm³/mol. The van der Waals surface area contributed by atoms with E-state index in [0.717, 1.165) is 0 Å². The van der Waals surface area contributed by atoms with E-state index in [1.807, 2.05) is 0 Å². The summed E-state index contributed by atoms with van der Waals surface area (Å²) in [5.74, 6) is -1.26. The van der Waals surface area contributed by atoms with Crippen LogP contribution in [-0.4, -0.2) is 49.3 Å². The quantitative estimate of drug-likeness (QED) is 0.520. The van der Waals surface area contributed by atoms with E-state index in [-0.39, 0.29) is 12.3 Å². The van der Waals surface area contributed by atoms with Crippen molar-refractivity contribution in [2.75, 3.05) is 20.3 Å². The molecule has 0 saturated heterocycles. The fourth-order valence-electron chi connectivity index (χ4n) is 1.44. The summed E-state index contributed by atoms with van der Waals surface area (Å²) < 4.78 is 4.80. The molecule has 0 aromatic carbocycles. The number of hydrogen-bond acceptors (Lipinski definition) is 4. The molecule has 0 aliphatic heterocycles. The van der Waals surface area contributed by atoms with Crippen LogP contribution < -0.4 is 10.6 Å². The average molecular weight is 244 g/mol. The number of carbonyl (C=O) groups excluding carboxylic acids is 1. The topological polar surface area (TPSA) is 87.7 Å². The normalized spacial score (nSPS) is 16.5. The Kier molecular flexibility index (Phi) is 5.93. The van der Waals surface area contributed by atoms with E-state index in [9.17, 15) is 9.59 Å². The minimum atomic E-state index is -1.02. The molecule has 0 spiro atoms. The molecule has 1 unspecified atom stereocenters. The second-order valence-electron chi connectivity index (χ2n) is 4.22. The van der Waals surface area contributed by atoms with Crippen LogP contribution in [0.25, 0.3) is 0 Å². The molecular weight excluding hydrogens is 224 g/mol. The van der Waals surface area contributed by atoms with E-state index in [1.165, 1.54) is 20.0 Å². The highest BCUT2D eigenvalue weighted by Gasteiger charge is 2.22. The van der Waals surface area contributed by atoms with Crippen molar-refractivity contribution < 1.29 is 19.4 Å². The average Bonchev–Trinajstić information content (AvgIpc) is 3.07. The van der Waals surface area contributed by atoms with Gasteiger partial charge in [-0.3, -0.25) is 4.79 Å². The van der Waals surface area contributed by atoms with E-state index in [4.69, 9.17) is 9.84 Å². The van der Waals surface area contributed by atoms with Gasteiger partial charge in [-0.2, -0.15) is 0 Å². The van der Waals surface area contributed by atoms with Gasteiger partial charge in [-0.25, -0.2) is 4.79 Å². The molecule has 0 bridgehead atoms. The second kappa shape index (κ2) is 7.24. The zero-order chi connectivity index (χ0) is 12.7. The van der Waals surface area contributed by atoms with Crippen LogP contribution in [0.15, 0.2) is 0 Å². The zero-order valence-corrected chi connectivity index (χ0v) is 10.1. The number of aliphatic carboxylic acids is 1. The van der Waals surface area contributed by atoms with Crippen LogP contribution in [0.2, 0.25) is 0 Å². The lowest BCUT2D eigenvalue weighted by Gasteiger charge is -2.14. The van der Waals surface area contributed by atoms with Crippen LogP contribution in [0, 0.1) is 0 Å². The Bertz CT molecular complexity index is 266. The third-order valence-corrected chi connectivity index (χ3v) is 2.61. The Hall–Kier alpha value is -1.14. The van der Waals surface area contributed by atoms with Crippen LogP contribution >= 0.6 is 0 Å². The second-order valence-corrected chi connectivity index (χ2v) is 4.22. The lowest BCUT2D eigenvalue weighted by atomic mass is 10.2. The van der Waals surface area contributed by atoms with Crippen molar-refractivity contribution in [3.63, 3.8) is 0 Å². The first-order chi connectivity index (χ1) is 8.13. The molecule has 17 heavy (non-hydrogen) atoms. The first-order valence-corrected chi connectivity index (χ1v) is 5.88. The van der Waals surface area contributed by atoms with Gasteiger partial charge in [0.05, 0.1) is 0 Å². The smallest absolute Gasteiger partial charge is 0.326 e. The number of amides is 1. The zero-order valence-electron chi connectivity index (χ0n) is 10.1. The van der Waals surface area contributed by atoms with Crippen molar-refractivity contribution in [1.29, 1.82) is 0 Å². The highest BCUT2D eigenvalue weighted by Crippen LogP contribution is 2.18. The van der Waals surface area contributed by atoms with Gasteiger partial charge in [0.25, 0.3) is 0 Å². The standard InChI is InChI=1S/C11H20N2O4/c1-17-7-5-9(11(15)16)13-10(14)4-6-12-8-2-3-8/h8-9,12H,2-7H2,1H3,(H,13,14)(H,15,16). The summed E-state index contributed by atoms with van der Waals surface area (Å²) in [6.07, 6.45) is 2.95. The third-order valence-electron chi connectivity index (χ3n) is 2.61. The van der Waals surface area contributed by atoms with Gasteiger partial charge in [0, 0.05) is 39.1 Å². The molecule has 0 aromatic rings. The van der Waals surface area contributed by atoms with Gasteiger partial charge in [0.2, 0.25) is 5.91 Å². The number of ether oxygens (including phenoxy) is 1. The number of hydrogen-bond donors (Lipinski definition) is 3. The summed E-state index contributed by atoms with van der Waals surface area (Å²) in [5, 5.41) is 14.6. The minimum absolute atomic E-state index is 0.235. The van der Waals surface area contributed by atoms with Crippen LogP contribution in [0.1, 0.15) is 25.7 Å². The van der Waals surface area contributed by atoms with Crippen molar-refractivity contribution in [1.82, 2.24) is 10.6 Å². The Morgan fingerprint density at radius 1 is 1.47 bits per heavy atom. The predicted octanol–water partition coefficient (Wildman–Crippen LogP) is -0.266. The molecule has 1 saturated carbocycles. The maximum absolute atomic E-state index is 11.5. The Labute approximate surface area is 101 Å². The maximum atomic E-state index is 11.5. The summed E-state index contributed by atoms with van der Waals surface area (Å²) in [6, 6.07) is -0.296. The first-order valence-electron chi connectivity index (χ1n) is 5.88. The molecule has 1 aliphatic carbocycles. The van der Waals surface area contributed by atoms with E-state index < -0.39 is 12.0 Å². The molecule has 3 N–H and O–H groups in total. The van der Waals surface area contributed by atoms with Gasteiger partial charge < -0.3 is 20.5 Å².